The molecule has 1 fully saturated rings. The molecule has 1 aromatic carbocycles. The smallest absolute Gasteiger partial charge is 0.130 e. The van der Waals surface area contributed by atoms with Crippen LogP contribution in [0.5, 0.6) is 0 Å². The zero-order chi connectivity index (χ0) is 12.8. The number of halogens is 1. The van der Waals surface area contributed by atoms with Gasteiger partial charge in [-0.2, -0.15) is 0 Å². The molecule has 1 heterocycles. The third-order valence-corrected chi connectivity index (χ3v) is 3.39. The molecule has 0 radical (unpaired) electrons. The molecule has 1 aliphatic heterocycles. The maximum absolute atomic E-state index is 5.41. The lowest BCUT2D eigenvalue weighted by molar-refractivity contribution is -0.930. The number of epoxide rings is 1. The standard InChI is InChI=1S/C16H22NO.ClH/c1-3-10-17(11-4-2,13-16-14-18-16)12-15-8-6-5-7-9-15;/h3-9,16H,1-2,10-14H2;1H/q+1;/p-1. The second-order valence-corrected chi connectivity index (χ2v) is 5.07. The summed E-state index contributed by atoms with van der Waals surface area (Å²) in [6.45, 7) is 12.7. The van der Waals surface area contributed by atoms with Gasteiger partial charge in [0.15, 0.2) is 0 Å². The van der Waals surface area contributed by atoms with Gasteiger partial charge in [0.05, 0.1) is 19.7 Å². The Hall–Kier alpha value is -1.09. The van der Waals surface area contributed by atoms with E-state index >= 15 is 0 Å². The number of ether oxygens (including phenoxy) is 1. The van der Waals surface area contributed by atoms with Crippen molar-refractivity contribution < 1.29 is 21.6 Å². The van der Waals surface area contributed by atoms with E-state index in [9.17, 15) is 0 Å². The average molecular weight is 280 g/mol. The molecular formula is C16H22ClNO. The SMILES string of the molecule is C=CC[N+](CC=C)(Cc1ccccc1)CC1CO1.[Cl-]. The molecule has 104 valence electrons. The predicted octanol–water partition coefficient (Wildman–Crippen LogP) is -0.222. The van der Waals surface area contributed by atoms with Crippen LogP contribution in [0.3, 0.4) is 0 Å². The third kappa shape index (κ3) is 4.83. The summed E-state index contributed by atoms with van der Waals surface area (Å²) in [4.78, 5) is 0. The van der Waals surface area contributed by atoms with Gasteiger partial charge in [0, 0.05) is 5.56 Å². The van der Waals surface area contributed by atoms with Crippen LogP contribution in [0.15, 0.2) is 55.6 Å². The highest BCUT2D eigenvalue weighted by Crippen LogP contribution is 2.21. The summed E-state index contributed by atoms with van der Waals surface area (Å²) in [5.74, 6) is 0. The monoisotopic (exact) mass is 279 g/mol. The molecule has 0 amide bonds. The number of hydrogen-bond acceptors (Lipinski definition) is 1. The third-order valence-electron chi connectivity index (χ3n) is 3.39. The highest BCUT2D eigenvalue weighted by atomic mass is 35.5. The van der Waals surface area contributed by atoms with Crippen molar-refractivity contribution in [1.29, 1.82) is 0 Å². The molecular weight excluding hydrogens is 258 g/mol. The number of rotatable bonds is 8. The molecule has 19 heavy (non-hydrogen) atoms. The van der Waals surface area contributed by atoms with Crippen LogP contribution in [-0.4, -0.2) is 36.8 Å². The molecule has 1 aromatic rings. The highest BCUT2D eigenvalue weighted by Gasteiger charge is 2.35. The van der Waals surface area contributed by atoms with Crippen molar-refractivity contribution in [2.24, 2.45) is 0 Å². The van der Waals surface area contributed by atoms with Crippen LogP contribution in [0.4, 0.5) is 0 Å². The Morgan fingerprint density at radius 3 is 2.21 bits per heavy atom. The molecule has 1 saturated heterocycles. The first-order valence-corrected chi connectivity index (χ1v) is 6.50. The van der Waals surface area contributed by atoms with Gasteiger partial charge < -0.3 is 21.6 Å². The molecule has 1 aliphatic rings. The second kappa shape index (κ2) is 7.49. The summed E-state index contributed by atoms with van der Waals surface area (Å²) in [5, 5.41) is 0. The first kappa shape index (κ1) is 16.0. The quantitative estimate of drug-likeness (QED) is 0.364. The average Bonchev–Trinajstić information content (AvgIpc) is 3.15. The maximum atomic E-state index is 5.41. The Balaban J connectivity index is 0.00000180. The molecule has 0 aliphatic carbocycles. The van der Waals surface area contributed by atoms with Gasteiger partial charge in [-0.05, 0) is 12.2 Å². The Labute approximate surface area is 122 Å². The van der Waals surface area contributed by atoms with Gasteiger partial charge in [-0.3, -0.25) is 0 Å². The van der Waals surface area contributed by atoms with Crippen LogP contribution in [0.1, 0.15) is 5.56 Å². The van der Waals surface area contributed by atoms with E-state index < -0.39 is 0 Å². The van der Waals surface area contributed by atoms with E-state index in [1.807, 2.05) is 12.2 Å². The maximum Gasteiger partial charge on any atom is 0.130 e. The summed E-state index contributed by atoms with van der Waals surface area (Å²) in [6.07, 6.45) is 4.44. The highest BCUT2D eigenvalue weighted by molar-refractivity contribution is 5.13. The van der Waals surface area contributed by atoms with E-state index in [1.165, 1.54) is 5.56 Å². The second-order valence-electron chi connectivity index (χ2n) is 5.07. The van der Waals surface area contributed by atoms with Gasteiger partial charge in [-0.15, -0.1) is 0 Å². The summed E-state index contributed by atoms with van der Waals surface area (Å²) in [6, 6.07) is 10.6. The van der Waals surface area contributed by atoms with E-state index in [0.29, 0.717) is 6.10 Å². The normalized spacial score (nSPS) is 17.4. The van der Waals surface area contributed by atoms with E-state index in [2.05, 4.69) is 43.5 Å². The molecule has 1 unspecified atom stereocenters. The lowest BCUT2D eigenvalue weighted by atomic mass is 10.1. The van der Waals surface area contributed by atoms with Crippen LogP contribution < -0.4 is 12.4 Å². The van der Waals surface area contributed by atoms with Gasteiger partial charge in [0.2, 0.25) is 0 Å². The Bertz CT molecular complexity index is 390. The zero-order valence-corrected chi connectivity index (χ0v) is 12.1. The number of nitrogens with zero attached hydrogens (tertiary/aromatic N) is 1. The van der Waals surface area contributed by atoms with Crippen molar-refractivity contribution in [2.75, 3.05) is 26.2 Å². The Morgan fingerprint density at radius 2 is 1.74 bits per heavy atom. The van der Waals surface area contributed by atoms with E-state index in [-0.39, 0.29) is 12.4 Å². The molecule has 2 nitrogen and oxygen atoms in total. The van der Waals surface area contributed by atoms with Gasteiger partial charge in [0.25, 0.3) is 0 Å². The van der Waals surface area contributed by atoms with Crippen molar-refractivity contribution in [3.63, 3.8) is 0 Å². The topological polar surface area (TPSA) is 12.5 Å². The fraction of sp³-hybridized carbons (Fsp3) is 0.375. The Kier molecular flexibility index (Phi) is 6.29. The van der Waals surface area contributed by atoms with Gasteiger partial charge in [-0.1, -0.05) is 43.5 Å². The fourth-order valence-electron chi connectivity index (χ4n) is 2.54. The first-order chi connectivity index (χ1) is 8.78. The predicted molar refractivity (Wildman–Crippen MR) is 75.1 cm³/mol. The van der Waals surface area contributed by atoms with Gasteiger partial charge in [-0.25, -0.2) is 0 Å². The van der Waals surface area contributed by atoms with Crippen LogP contribution in [0.25, 0.3) is 0 Å². The van der Waals surface area contributed by atoms with E-state index in [1.54, 1.807) is 0 Å². The molecule has 0 spiro atoms. The summed E-state index contributed by atoms with van der Waals surface area (Å²) in [5.41, 5.74) is 1.36. The molecule has 1 atom stereocenters. The van der Waals surface area contributed by atoms with E-state index in [4.69, 9.17) is 4.74 Å². The van der Waals surface area contributed by atoms with Crippen LogP contribution >= 0.6 is 0 Å². The minimum atomic E-state index is 0. The summed E-state index contributed by atoms with van der Waals surface area (Å²) in [7, 11) is 0. The van der Waals surface area contributed by atoms with Crippen molar-refractivity contribution in [1.82, 2.24) is 0 Å². The molecule has 2 rings (SSSR count). The van der Waals surface area contributed by atoms with Gasteiger partial charge in [0.1, 0.15) is 19.2 Å². The minimum absolute atomic E-state index is 0. The van der Waals surface area contributed by atoms with Crippen LogP contribution in [-0.2, 0) is 11.3 Å². The Morgan fingerprint density at radius 1 is 1.16 bits per heavy atom. The van der Waals surface area contributed by atoms with Crippen molar-refractivity contribution in [3.05, 3.63) is 61.2 Å². The van der Waals surface area contributed by atoms with Crippen molar-refractivity contribution >= 4 is 0 Å². The number of benzene rings is 1. The molecule has 0 N–H and O–H groups in total. The zero-order valence-electron chi connectivity index (χ0n) is 11.3. The lowest BCUT2D eigenvalue weighted by Crippen LogP contribution is -3.00. The number of hydrogen-bond donors (Lipinski definition) is 0. The van der Waals surface area contributed by atoms with E-state index in [0.717, 1.165) is 37.3 Å². The first-order valence-electron chi connectivity index (χ1n) is 6.50. The largest absolute Gasteiger partial charge is 1.00 e. The van der Waals surface area contributed by atoms with Crippen LogP contribution in [0, 0.1) is 0 Å². The molecule has 0 aromatic heterocycles. The molecule has 3 heteroatoms. The van der Waals surface area contributed by atoms with Gasteiger partial charge >= 0.3 is 0 Å². The summed E-state index contributed by atoms with van der Waals surface area (Å²) < 4.78 is 6.37. The number of quaternary nitrogens is 1. The molecule has 0 bridgehead atoms. The fourth-order valence-corrected chi connectivity index (χ4v) is 2.54. The molecule has 0 saturated carbocycles. The van der Waals surface area contributed by atoms with Crippen molar-refractivity contribution in [2.45, 2.75) is 12.6 Å². The summed E-state index contributed by atoms with van der Waals surface area (Å²) >= 11 is 0. The minimum Gasteiger partial charge on any atom is -1.00 e. The van der Waals surface area contributed by atoms with Crippen LogP contribution in [0.2, 0.25) is 0 Å². The van der Waals surface area contributed by atoms with Crippen molar-refractivity contribution in [3.8, 4) is 0 Å². The lowest BCUT2D eigenvalue weighted by Gasteiger charge is -2.36.